The number of nitrogens with one attached hydrogen (secondary N) is 1. The third-order valence-electron chi connectivity index (χ3n) is 3.85. The number of amides is 1. The fourth-order valence-electron chi connectivity index (χ4n) is 2.42. The molecule has 3 rings (SSSR count). The Morgan fingerprint density at radius 1 is 1.12 bits per heavy atom. The number of ether oxygens (including phenoxy) is 1. The van der Waals surface area contributed by atoms with E-state index in [-0.39, 0.29) is 5.91 Å². The average Bonchev–Trinajstić information content (AvgIpc) is 3.09. The lowest BCUT2D eigenvalue weighted by atomic mass is 10.1. The van der Waals surface area contributed by atoms with Crippen molar-refractivity contribution in [2.24, 2.45) is 0 Å². The molecule has 0 saturated carbocycles. The van der Waals surface area contributed by atoms with Gasteiger partial charge in [0.05, 0.1) is 13.7 Å². The summed E-state index contributed by atoms with van der Waals surface area (Å²) in [4.78, 5) is 17.8. The van der Waals surface area contributed by atoms with E-state index >= 15 is 0 Å². The van der Waals surface area contributed by atoms with Gasteiger partial charge in [-0.05, 0) is 36.8 Å². The molecule has 1 heterocycles. The van der Waals surface area contributed by atoms with E-state index in [0.717, 1.165) is 17.2 Å². The Hall–Kier alpha value is -2.66. The molecule has 25 heavy (non-hydrogen) atoms. The Kier molecular flexibility index (Phi) is 5.46. The van der Waals surface area contributed by atoms with Crippen LogP contribution in [0.4, 0.5) is 0 Å². The van der Waals surface area contributed by atoms with Gasteiger partial charge in [-0.2, -0.15) is 0 Å². The van der Waals surface area contributed by atoms with E-state index in [0.29, 0.717) is 12.1 Å². The second-order valence-corrected chi connectivity index (χ2v) is 6.99. The van der Waals surface area contributed by atoms with Gasteiger partial charge in [-0.25, -0.2) is 4.98 Å². The summed E-state index contributed by atoms with van der Waals surface area (Å²) in [7, 11) is 1.60. The van der Waals surface area contributed by atoms with Crippen LogP contribution in [0, 0.1) is 6.92 Å². The zero-order valence-corrected chi connectivity index (χ0v) is 15.1. The average molecular weight is 352 g/mol. The summed E-state index contributed by atoms with van der Waals surface area (Å²) in [5.74, 6) is 0.621. The van der Waals surface area contributed by atoms with Gasteiger partial charge in [0.25, 0.3) is 5.91 Å². The van der Waals surface area contributed by atoms with Gasteiger partial charge in [-0.15, -0.1) is 11.3 Å². The maximum absolute atomic E-state index is 12.2. The molecule has 0 aliphatic rings. The van der Waals surface area contributed by atoms with Gasteiger partial charge in [0.1, 0.15) is 10.8 Å². The van der Waals surface area contributed by atoms with E-state index < -0.39 is 0 Å². The van der Waals surface area contributed by atoms with Crippen LogP contribution in [0.25, 0.3) is 0 Å². The van der Waals surface area contributed by atoms with E-state index in [2.05, 4.69) is 41.5 Å². The van der Waals surface area contributed by atoms with Gasteiger partial charge in [-0.1, -0.05) is 29.8 Å². The Balaban J connectivity index is 1.55. The van der Waals surface area contributed by atoms with Crippen molar-refractivity contribution in [2.75, 3.05) is 7.11 Å². The fraction of sp³-hybridized carbons (Fsp3) is 0.200. The normalized spacial score (nSPS) is 10.5. The van der Waals surface area contributed by atoms with Crippen LogP contribution < -0.4 is 10.1 Å². The minimum Gasteiger partial charge on any atom is -0.497 e. The monoisotopic (exact) mass is 352 g/mol. The van der Waals surface area contributed by atoms with Crippen LogP contribution in [-0.4, -0.2) is 18.0 Å². The zero-order valence-electron chi connectivity index (χ0n) is 14.3. The van der Waals surface area contributed by atoms with Crippen LogP contribution in [0.5, 0.6) is 5.75 Å². The predicted octanol–water partition coefficient (Wildman–Crippen LogP) is 3.98. The molecule has 1 amide bonds. The number of thiazole rings is 1. The summed E-state index contributed by atoms with van der Waals surface area (Å²) in [5.41, 5.74) is 3.13. The lowest BCUT2D eigenvalue weighted by Gasteiger charge is -2.04. The van der Waals surface area contributed by atoms with E-state index in [1.165, 1.54) is 16.0 Å². The molecule has 0 aliphatic carbocycles. The van der Waals surface area contributed by atoms with Gasteiger partial charge in [0.2, 0.25) is 0 Å². The number of carbonyl (C=O) groups is 1. The van der Waals surface area contributed by atoms with Crippen molar-refractivity contribution in [1.29, 1.82) is 0 Å². The molecule has 3 aromatic rings. The Morgan fingerprint density at radius 2 is 1.84 bits per heavy atom. The van der Waals surface area contributed by atoms with Crippen LogP contribution in [0.2, 0.25) is 0 Å². The van der Waals surface area contributed by atoms with Crippen LogP contribution in [-0.2, 0) is 13.0 Å². The topological polar surface area (TPSA) is 51.2 Å². The highest BCUT2D eigenvalue weighted by Gasteiger charge is 2.08. The first-order valence-corrected chi connectivity index (χ1v) is 8.87. The number of rotatable bonds is 6. The van der Waals surface area contributed by atoms with Crippen molar-refractivity contribution in [3.05, 3.63) is 81.3 Å². The molecule has 4 nitrogen and oxygen atoms in total. The third kappa shape index (κ3) is 4.67. The van der Waals surface area contributed by atoms with E-state index in [9.17, 15) is 4.79 Å². The van der Waals surface area contributed by atoms with E-state index in [1.54, 1.807) is 42.7 Å². The molecule has 0 bridgehead atoms. The van der Waals surface area contributed by atoms with Gasteiger partial charge < -0.3 is 10.1 Å². The maximum Gasteiger partial charge on any atom is 0.251 e. The first-order chi connectivity index (χ1) is 12.1. The van der Waals surface area contributed by atoms with Crippen molar-refractivity contribution >= 4 is 17.2 Å². The number of aryl methyl sites for hydroxylation is 1. The number of carbonyl (C=O) groups excluding carboxylic acids is 1. The predicted molar refractivity (Wildman–Crippen MR) is 100 cm³/mol. The summed E-state index contributed by atoms with van der Waals surface area (Å²) in [6, 6.07) is 15.6. The van der Waals surface area contributed by atoms with Crippen molar-refractivity contribution in [3.63, 3.8) is 0 Å². The summed E-state index contributed by atoms with van der Waals surface area (Å²) in [5, 5.41) is 3.81. The SMILES string of the molecule is COc1ccc(C(=O)NCc2ncc(Cc3ccc(C)cc3)s2)cc1. The molecule has 1 N–H and O–H groups in total. The molecular weight excluding hydrogens is 332 g/mol. The molecule has 0 fully saturated rings. The fourth-order valence-corrected chi connectivity index (χ4v) is 3.32. The Morgan fingerprint density at radius 3 is 2.52 bits per heavy atom. The van der Waals surface area contributed by atoms with Crippen LogP contribution >= 0.6 is 11.3 Å². The lowest BCUT2D eigenvalue weighted by Crippen LogP contribution is -2.22. The minimum atomic E-state index is -0.113. The second kappa shape index (κ2) is 7.94. The van der Waals surface area contributed by atoms with Crippen molar-refractivity contribution in [3.8, 4) is 5.75 Å². The lowest BCUT2D eigenvalue weighted by molar-refractivity contribution is 0.0951. The molecule has 0 radical (unpaired) electrons. The molecule has 2 aromatic carbocycles. The molecule has 1 aromatic heterocycles. The van der Waals surface area contributed by atoms with Crippen molar-refractivity contribution < 1.29 is 9.53 Å². The first-order valence-electron chi connectivity index (χ1n) is 8.05. The Bertz CT molecular complexity index is 839. The van der Waals surface area contributed by atoms with Gasteiger partial charge in [0, 0.05) is 23.1 Å². The summed E-state index contributed by atoms with van der Waals surface area (Å²) >= 11 is 1.63. The highest BCUT2D eigenvalue weighted by Crippen LogP contribution is 2.18. The second-order valence-electron chi connectivity index (χ2n) is 5.79. The quantitative estimate of drug-likeness (QED) is 0.730. The van der Waals surface area contributed by atoms with Crippen LogP contribution in [0.3, 0.4) is 0 Å². The van der Waals surface area contributed by atoms with Crippen molar-refractivity contribution in [2.45, 2.75) is 19.9 Å². The number of nitrogens with zero attached hydrogens (tertiary/aromatic N) is 1. The number of hydrogen-bond donors (Lipinski definition) is 1. The number of methoxy groups -OCH3 is 1. The molecule has 0 atom stereocenters. The minimum absolute atomic E-state index is 0.113. The molecule has 5 heteroatoms. The summed E-state index contributed by atoms with van der Waals surface area (Å²) in [6.07, 6.45) is 2.75. The Labute approximate surface area is 151 Å². The first kappa shape index (κ1) is 17.2. The molecule has 0 aliphatic heterocycles. The number of aromatic nitrogens is 1. The van der Waals surface area contributed by atoms with E-state index in [4.69, 9.17) is 4.74 Å². The standard InChI is InChI=1S/C20H20N2O2S/c1-14-3-5-15(6-4-14)11-18-12-21-19(25-18)13-22-20(23)16-7-9-17(24-2)10-8-16/h3-10,12H,11,13H2,1-2H3,(H,22,23). The van der Waals surface area contributed by atoms with Crippen LogP contribution in [0.15, 0.2) is 54.7 Å². The largest absolute Gasteiger partial charge is 0.497 e. The van der Waals surface area contributed by atoms with Gasteiger partial charge >= 0.3 is 0 Å². The summed E-state index contributed by atoms with van der Waals surface area (Å²) < 4.78 is 5.10. The zero-order chi connectivity index (χ0) is 17.6. The highest BCUT2D eigenvalue weighted by atomic mass is 32.1. The van der Waals surface area contributed by atoms with E-state index in [1.807, 2.05) is 6.20 Å². The van der Waals surface area contributed by atoms with Crippen LogP contribution in [0.1, 0.15) is 31.4 Å². The molecule has 0 saturated heterocycles. The molecule has 128 valence electrons. The molecular formula is C20H20N2O2S. The maximum atomic E-state index is 12.2. The van der Waals surface area contributed by atoms with Crippen molar-refractivity contribution in [1.82, 2.24) is 10.3 Å². The third-order valence-corrected chi connectivity index (χ3v) is 4.85. The highest BCUT2D eigenvalue weighted by molar-refractivity contribution is 7.11. The molecule has 0 unspecified atom stereocenters. The number of benzene rings is 2. The number of hydrogen-bond acceptors (Lipinski definition) is 4. The molecule has 0 spiro atoms. The smallest absolute Gasteiger partial charge is 0.251 e. The van der Waals surface area contributed by atoms with Gasteiger partial charge in [-0.3, -0.25) is 4.79 Å². The summed E-state index contributed by atoms with van der Waals surface area (Å²) in [6.45, 7) is 2.52. The van der Waals surface area contributed by atoms with Gasteiger partial charge in [0.15, 0.2) is 0 Å².